The molecule has 2 aromatic rings. The fourth-order valence-electron chi connectivity index (χ4n) is 4.43. The fraction of sp³-hybridized carbons (Fsp3) is 0.458. The first kappa shape index (κ1) is 22.0. The van der Waals surface area contributed by atoms with Crippen LogP contribution in [0.15, 0.2) is 30.3 Å². The molecule has 0 bridgehead atoms. The first-order valence-corrected chi connectivity index (χ1v) is 10.2. The second-order valence-electron chi connectivity index (χ2n) is 7.92. The van der Waals surface area contributed by atoms with Crippen LogP contribution in [-0.2, 0) is 4.79 Å². The van der Waals surface area contributed by atoms with Gasteiger partial charge < -0.3 is 19.3 Å². The number of nitrogens with zero attached hydrogens (tertiary/aromatic N) is 1. The largest absolute Gasteiger partial charge is 0.496 e. The van der Waals surface area contributed by atoms with E-state index in [0.717, 1.165) is 16.9 Å². The molecule has 1 atom stereocenters. The van der Waals surface area contributed by atoms with Crippen LogP contribution >= 0.6 is 0 Å². The van der Waals surface area contributed by atoms with E-state index in [1.807, 2.05) is 12.1 Å². The number of carbonyl (C=O) groups is 1. The summed E-state index contributed by atoms with van der Waals surface area (Å²) in [6, 6.07) is 10.3. The number of methoxy groups -OCH3 is 3. The minimum Gasteiger partial charge on any atom is -0.496 e. The minimum absolute atomic E-state index is 0.0758. The number of carboxylic acids is 1. The predicted molar refractivity (Wildman–Crippen MR) is 116 cm³/mol. The third kappa shape index (κ3) is 4.54. The van der Waals surface area contributed by atoms with Crippen molar-refractivity contribution >= 4 is 5.97 Å². The molecule has 30 heavy (non-hydrogen) atoms. The van der Waals surface area contributed by atoms with Gasteiger partial charge >= 0.3 is 5.97 Å². The molecule has 0 aromatic heterocycles. The highest BCUT2D eigenvalue weighted by Crippen LogP contribution is 2.43. The van der Waals surface area contributed by atoms with Crippen LogP contribution in [0.5, 0.6) is 17.2 Å². The summed E-state index contributed by atoms with van der Waals surface area (Å²) in [6.07, 6.45) is 1.26. The SMILES string of the molecule is COc1cc(OC)c(C(c2cc(C)cc(C)c2)N2CCC(C(=O)O)CC2)cc1OC. The van der Waals surface area contributed by atoms with E-state index in [4.69, 9.17) is 14.2 Å². The normalized spacial score (nSPS) is 16.2. The lowest BCUT2D eigenvalue weighted by molar-refractivity contribution is -0.143. The molecule has 1 unspecified atom stereocenters. The van der Waals surface area contributed by atoms with E-state index in [1.54, 1.807) is 21.3 Å². The highest BCUT2D eigenvalue weighted by Gasteiger charge is 2.32. The molecule has 1 aliphatic rings. The lowest BCUT2D eigenvalue weighted by atomic mass is 9.89. The van der Waals surface area contributed by atoms with Crippen LogP contribution < -0.4 is 14.2 Å². The Morgan fingerprint density at radius 3 is 1.93 bits per heavy atom. The van der Waals surface area contributed by atoms with Crippen molar-refractivity contribution in [2.24, 2.45) is 5.92 Å². The molecule has 3 rings (SSSR count). The highest BCUT2D eigenvalue weighted by atomic mass is 16.5. The molecule has 0 aliphatic carbocycles. The average molecular weight is 414 g/mol. The number of rotatable bonds is 7. The molecule has 1 heterocycles. The number of ether oxygens (including phenoxy) is 3. The van der Waals surface area contributed by atoms with Gasteiger partial charge in [0.05, 0.1) is 33.3 Å². The van der Waals surface area contributed by atoms with E-state index in [-0.39, 0.29) is 12.0 Å². The molecule has 1 saturated heterocycles. The number of likely N-dealkylation sites (tertiary alicyclic amines) is 1. The molecule has 0 saturated carbocycles. The quantitative estimate of drug-likeness (QED) is 0.733. The van der Waals surface area contributed by atoms with Gasteiger partial charge in [0, 0.05) is 11.6 Å². The zero-order chi connectivity index (χ0) is 21.8. The molecule has 0 spiro atoms. The number of piperidine rings is 1. The van der Waals surface area contributed by atoms with Gasteiger partial charge in [-0.05, 0) is 51.4 Å². The number of hydrogen-bond acceptors (Lipinski definition) is 5. The Labute approximate surface area is 178 Å². The Bertz CT molecular complexity index is 882. The fourth-order valence-corrected chi connectivity index (χ4v) is 4.43. The minimum atomic E-state index is -0.707. The van der Waals surface area contributed by atoms with Crippen molar-refractivity contribution in [2.45, 2.75) is 32.7 Å². The van der Waals surface area contributed by atoms with Crippen LogP contribution in [0.4, 0.5) is 0 Å². The first-order chi connectivity index (χ1) is 14.4. The summed E-state index contributed by atoms with van der Waals surface area (Å²) < 4.78 is 16.8. The number of benzene rings is 2. The zero-order valence-electron chi connectivity index (χ0n) is 18.4. The van der Waals surface area contributed by atoms with Crippen molar-refractivity contribution in [1.29, 1.82) is 0 Å². The van der Waals surface area contributed by atoms with Crippen LogP contribution in [0.2, 0.25) is 0 Å². The van der Waals surface area contributed by atoms with Gasteiger partial charge in [0.25, 0.3) is 0 Å². The molecule has 1 N–H and O–H groups in total. The summed E-state index contributed by atoms with van der Waals surface area (Å²) in [7, 11) is 4.88. The molecule has 0 radical (unpaired) electrons. The molecule has 1 aliphatic heterocycles. The van der Waals surface area contributed by atoms with Crippen LogP contribution in [0.25, 0.3) is 0 Å². The van der Waals surface area contributed by atoms with E-state index in [1.165, 1.54) is 11.1 Å². The summed E-state index contributed by atoms with van der Waals surface area (Å²) >= 11 is 0. The second-order valence-corrected chi connectivity index (χ2v) is 7.92. The third-order valence-corrected chi connectivity index (χ3v) is 5.83. The maximum absolute atomic E-state index is 11.4. The zero-order valence-corrected chi connectivity index (χ0v) is 18.4. The summed E-state index contributed by atoms with van der Waals surface area (Å²) in [6.45, 7) is 5.59. The van der Waals surface area contributed by atoms with E-state index >= 15 is 0 Å². The molecule has 0 amide bonds. The summed E-state index contributed by atoms with van der Waals surface area (Å²) in [4.78, 5) is 13.8. The summed E-state index contributed by atoms with van der Waals surface area (Å²) in [5, 5.41) is 9.41. The molecule has 6 heteroatoms. The molecule has 2 aromatic carbocycles. The number of carboxylic acid groups (broad SMARTS) is 1. The number of aryl methyl sites for hydroxylation is 2. The van der Waals surface area contributed by atoms with E-state index in [9.17, 15) is 9.90 Å². The van der Waals surface area contributed by atoms with Crippen LogP contribution in [0.1, 0.15) is 41.1 Å². The van der Waals surface area contributed by atoms with Gasteiger partial charge in [0.2, 0.25) is 0 Å². The van der Waals surface area contributed by atoms with E-state index in [0.29, 0.717) is 37.4 Å². The number of hydrogen-bond donors (Lipinski definition) is 1. The maximum atomic E-state index is 11.4. The van der Waals surface area contributed by atoms with Crippen molar-refractivity contribution in [3.63, 3.8) is 0 Å². The molecule has 1 fully saturated rings. The Morgan fingerprint density at radius 1 is 0.900 bits per heavy atom. The standard InChI is InChI=1S/C24H31NO5/c1-15-10-16(2)12-18(11-15)23(25-8-6-17(7-9-25)24(26)27)19-13-21(29-4)22(30-5)14-20(19)28-3/h10-14,17,23H,6-9H2,1-5H3,(H,26,27). The van der Waals surface area contributed by atoms with Gasteiger partial charge in [-0.3, -0.25) is 9.69 Å². The molecular formula is C24H31NO5. The van der Waals surface area contributed by atoms with Gasteiger partial charge in [-0.1, -0.05) is 29.3 Å². The average Bonchev–Trinajstić information content (AvgIpc) is 2.73. The second kappa shape index (κ2) is 9.39. The van der Waals surface area contributed by atoms with Gasteiger partial charge in [0.15, 0.2) is 11.5 Å². The Kier molecular flexibility index (Phi) is 6.87. The summed E-state index contributed by atoms with van der Waals surface area (Å²) in [5.74, 6) is 0.983. The van der Waals surface area contributed by atoms with Crippen molar-refractivity contribution in [2.75, 3.05) is 34.4 Å². The van der Waals surface area contributed by atoms with Crippen molar-refractivity contribution < 1.29 is 24.1 Å². The highest BCUT2D eigenvalue weighted by molar-refractivity contribution is 5.70. The lowest BCUT2D eigenvalue weighted by Gasteiger charge is -2.38. The van der Waals surface area contributed by atoms with E-state index < -0.39 is 5.97 Å². The van der Waals surface area contributed by atoms with Crippen molar-refractivity contribution in [1.82, 2.24) is 4.90 Å². The van der Waals surface area contributed by atoms with Gasteiger partial charge in [-0.25, -0.2) is 0 Å². The first-order valence-electron chi connectivity index (χ1n) is 10.2. The van der Waals surface area contributed by atoms with Crippen LogP contribution in [0, 0.1) is 19.8 Å². The van der Waals surface area contributed by atoms with Gasteiger partial charge in [-0.15, -0.1) is 0 Å². The maximum Gasteiger partial charge on any atom is 0.306 e. The summed E-state index contributed by atoms with van der Waals surface area (Å²) in [5.41, 5.74) is 4.52. The van der Waals surface area contributed by atoms with Gasteiger partial charge in [-0.2, -0.15) is 0 Å². The van der Waals surface area contributed by atoms with Crippen LogP contribution in [0.3, 0.4) is 0 Å². The van der Waals surface area contributed by atoms with E-state index in [2.05, 4.69) is 36.9 Å². The van der Waals surface area contributed by atoms with Crippen molar-refractivity contribution in [3.05, 3.63) is 52.6 Å². The molecular weight excluding hydrogens is 382 g/mol. The Balaban J connectivity index is 2.11. The molecule has 6 nitrogen and oxygen atoms in total. The lowest BCUT2D eigenvalue weighted by Crippen LogP contribution is -2.39. The van der Waals surface area contributed by atoms with Gasteiger partial charge in [0.1, 0.15) is 5.75 Å². The van der Waals surface area contributed by atoms with Crippen molar-refractivity contribution in [3.8, 4) is 17.2 Å². The monoisotopic (exact) mass is 413 g/mol. The smallest absolute Gasteiger partial charge is 0.306 e. The van der Waals surface area contributed by atoms with Crippen LogP contribution in [-0.4, -0.2) is 50.4 Å². The Morgan fingerprint density at radius 2 is 1.43 bits per heavy atom. The predicted octanol–water partition coefficient (Wildman–Crippen LogP) is 4.22. The Hall–Kier alpha value is -2.73. The number of aliphatic carboxylic acids is 1. The topological polar surface area (TPSA) is 68.2 Å². The molecule has 162 valence electrons. The third-order valence-electron chi connectivity index (χ3n) is 5.83.